The molecule has 4 nitrogen and oxygen atoms in total. The number of benzene rings is 1. The van der Waals surface area contributed by atoms with Crippen LogP contribution < -0.4 is 11.1 Å². The maximum atomic E-state index is 12.4. The van der Waals surface area contributed by atoms with Crippen LogP contribution in [-0.2, 0) is 4.79 Å². The molecule has 0 spiro atoms. The summed E-state index contributed by atoms with van der Waals surface area (Å²) in [5.41, 5.74) is 7.25. The molecule has 0 saturated carbocycles. The Morgan fingerprint density at radius 2 is 1.95 bits per heavy atom. The predicted octanol–water partition coefficient (Wildman–Crippen LogP) is 2.31. The fourth-order valence-corrected chi connectivity index (χ4v) is 3.08. The second kappa shape index (κ2) is 8.30. The number of amides is 1. The normalized spacial score (nSPS) is 19.6. The van der Waals surface area contributed by atoms with E-state index in [-0.39, 0.29) is 17.9 Å². The first-order valence-corrected chi connectivity index (χ1v) is 8.45. The quantitative estimate of drug-likeness (QED) is 0.848. The van der Waals surface area contributed by atoms with Gasteiger partial charge in [0.05, 0.1) is 5.92 Å². The molecule has 1 heterocycles. The van der Waals surface area contributed by atoms with Gasteiger partial charge in [0, 0.05) is 25.2 Å². The molecule has 0 bridgehead atoms. The van der Waals surface area contributed by atoms with Crippen molar-refractivity contribution < 1.29 is 4.79 Å². The lowest BCUT2D eigenvalue weighted by Crippen LogP contribution is -2.47. The van der Waals surface area contributed by atoms with Gasteiger partial charge in [-0.1, -0.05) is 44.2 Å². The fraction of sp³-hybridized carbons (Fsp3) is 0.611. The van der Waals surface area contributed by atoms with E-state index >= 15 is 0 Å². The number of nitrogens with one attached hydrogen (secondary N) is 1. The highest BCUT2D eigenvalue weighted by atomic mass is 16.2. The Labute approximate surface area is 134 Å². The highest BCUT2D eigenvalue weighted by Gasteiger charge is 2.26. The van der Waals surface area contributed by atoms with Crippen molar-refractivity contribution in [3.05, 3.63) is 35.9 Å². The van der Waals surface area contributed by atoms with Crippen LogP contribution in [0.15, 0.2) is 30.3 Å². The SMILES string of the molecule is CCCN1CCC(NC(=O)C(C)C(N)c2ccccc2)CC1. The molecule has 1 saturated heterocycles. The molecule has 0 radical (unpaired) electrons. The van der Waals surface area contributed by atoms with Gasteiger partial charge in [-0.2, -0.15) is 0 Å². The van der Waals surface area contributed by atoms with Crippen molar-refractivity contribution in [2.45, 2.75) is 45.2 Å². The van der Waals surface area contributed by atoms with E-state index in [1.54, 1.807) is 0 Å². The molecule has 1 aromatic carbocycles. The zero-order valence-corrected chi connectivity index (χ0v) is 13.8. The topological polar surface area (TPSA) is 58.4 Å². The van der Waals surface area contributed by atoms with Crippen LogP contribution in [0, 0.1) is 5.92 Å². The molecule has 2 rings (SSSR count). The molecule has 3 N–H and O–H groups in total. The summed E-state index contributed by atoms with van der Waals surface area (Å²) in [6.45, 7) is 7.45. The summed E-state index contributed by atoms with van der Waals surface area (Å²) < 4.78 is 0. The first kappa shape index (κ1) is 17.0. The number of likely N-dealkylation sites (tertiary alicyclic amines) is 1. The largest absolute Gasteiger partial charge is 0.353 e. The minimum absolute atomic E-state index is 0.0743. The Kier molecular flexibility index (Phi) is 6.40. The average Bonchev–Trinajstić information content (AvgIpc) is 2.56. The summed E-state index contributed by atoms with van der Waals surface area (Å²) in [5, 5.41) is 3.19. The lowest BCUT2D eigenvalue weighted by atomic mass is 9.94. The Hall–Kier alpha value is -1.39. The minimum Gasteiger partial charge on any atom is -0.353 e. The van der Waals surface area contributed by atoms with Crippen molar-refractivity contribution in [1.29, 1.82) is 0 Å². The van der Waals surface area contributed by atoms with E-state index in [2.05, 4.69) is 17.1 Å². The van der Waals surface area contributed by atoms with E-state index in [4.69, 9.17) is 5.73 Å². The van der Waals surface area contributed by atoms with Crippen LogP contribution in [0.4, 0.5) is 0 Å². The minimum atomic E-state index is -0.249. The Bertz CT molecular complexity index is 455. The van der Waals surface area contributed by atoms with Gasteiger partial charge in [-0.15, -0.1) is 0 Å². The first-order chi connectivity index (χ1) is 10.6. The lowest BCUT2D eigenvalue weighted by Gasteiger charge is -2.33. The molecule has 2 atom stereocenters. The van der Waals surface area contributed by atoms with Crippen LogP contribution >= 0.6 is 0 Å². The zero-order chi connectivity index (χ0) is 15.9. The summed E-state index contributed by atoms with van der Waals surface area (Å²) in [6, 6.07) is 9.90. The van der Waals surface area contributed by atoms with Crippen LogP contribution in [0.25, 0.3) is 0 Å². The van der Waals surface area contributed by atoms with Crippen LogP contribution in [-0.4, -0.2) is 36.5 Å². The molecule has 1 aliphatic heterocycles. The van der Waals surface area contributed by atoms with Crippen molar-refractivity contribution in [2.24, 2.45) is 11.7 Å². The molecule has 22 heavy (non-hydrogen) atoms. The lowest BCUT2D eigenvalue weighted by molar-refractivity contribution is -0.126. The molecule has 0 aromatic heterocycles. The van der Waals surface area contributed by atoms with E-state index in [9.17, 15) is 4.79 Å². The van der Waals surface area contributed by atoms with Crippen molar-refractivity contribution in [2.75, 3.05) is 19.6 Å². The van der Waals surface area contributed by atoms with Gasteiger partial charge in [-0.3, -0.25) is 4.79 Å². The van der Waals surface area contributed by atoms with Crippen LogP contribution in [0.2, 0.25) is 0 Å². The predicted molar refractivity (Wildman–Crippen MR) is 90.4 cm³/mol. The number of carbonyl (C=O) groups excluding carboxylic acids is 1. The van der Waals surface area contributed by atoms with Crippen LogP contribution in [0.3, 0.4) is 0 Å². The summed E-state index contributed by atoms with van der Waals surface area (Å²) >= 11 is 0. The molecule has 2 unspecified atom stereocenters. The summed E-state index contributed by atoms with van der Waals surface area (Å²) in [5.74, 6) is -0.138. The van der Waals surface area contributed by atoms with Gasteiger partial charge in [0.25, 0.3) is 0 Å². The standard InChI is InChI=1S/C18H29N3O/c1-3-11-21-12-9-16(10-13-21)20-18(22)14(2)17(19)15-7-5-4-6-8-15/h4-8,14,16-17H,3,9-13,19H2,1-2H3,(H,20,22). The molecule has 4 heteroatoms. The fourth-order valence-electron chi connectivity index (χ4n) is 3.08. The Morgan fingerprint density at radius 1 is 1.32 bits per heavy atom. The number of nitrogens with two attached hydrogens (primary N) is 1. The van der Waals surface area contributed by atoms with Crippen LogP contribution in [0.1, 0.15) is 44.7 Å². The molecule has 1 amide bonds. The molecular weight excluding hydrogens is 274 g/mol. The van der Waals surface area contributed by atoms with E-state index < -0.39 is 0 Å². The molecule has 122 valence electrons. The Morgan fingerprint density at radius 3 is 2.55 bits per heavy atom. The highest BCUT2D eigenvalue weighted by molar-refractivity contribution is 5.79. The van der Waals surface area contributed by atoms with Crippen molar-refractivity contribution >= 4 is 5.91 Å². The third-order valence-electron chi connectivity index (χ3n) is 4.61. The number of hydrogen-bond acceptors (Lipinski definition) is 3. The van der Waals surface area contributed by atoms with Gasteiger partial charge in [0.1, 0.15) is 0 Å². The molecular formula is C18H29N3O. The maximum absolute atomic E-state index is 12.4. The molecule has 1 fully saturated rings. The number of carbonyl (C=O) groups is 1. The first-order valence-electron chi connectivity index (χ1n) is 8.45. The third kappa shape index (κ3) is 4.55. The van der Waals surface area contributed by atoms with E-state index in [0.717, 1.165) is 38.0 Å². The maximum Gasteiger partial charge on any atom is 0.224 e. The number of hydrogen-bond donors (Lipinski definition) is 2. The number of piperidine rings is 1. The van der Waals surface area contributed by atoms with Gasteiger partial charge < -0.3 is 16.0 Å². The second-order valence-corrected chi connectivity index (χ2v) is 6.35. The van der Waals surface area contributed by atoms with Crippen molar-refractivity contribution in [1.82, 2.24) is 10.2 Å². The summed E-state index contributed by atoms with van der Waals surface area (Å²) in [4.78, 5) is 14.9. The molecule has 1 aromatic rings. The van der Waals surface area contributed by atoms with Crippen molar-refractivity contribution in [3.63, 3.8) is 0 Å². The van der Waals surface area contributed by atoms with Gasteiger partial charge in [-0.05, 0) is 31.4 Å². The number of rotatable bonds is 6. The van der Waals surface area contributed by atoms with E-state index in [1.165, 1.54) is 6.42 Å². The van der Waals surface area contributed by atoms with Gasteiger partial charge in [0.2, 0.25) is 5.91 Å². The van der Waals surface area contributed by atoms with E-state index in [0.29, 0.717) is 6.04 Å². The summed E-state index contributed by atoms with van der Waals surface area (Å²) in [6.07, 6.45) is 3.28. The van der Waals surface area contributed by atoms with E-state index in [1.807, 2.05) is 37.3 Å². The average molecular weight is 303 g/mol. The van der Waals surface area contributed by atoms with Crippen LogP contribution in [0.5, 0.6) is 0 Å². The van der Waals surface area contributed by atoms with Gasteiger partial charge in [-0.25, -0.2) is 0 Å². The molecule has 0 aliphatic carbocycles. The third-order valence-corrected chi connectivity index (χ3v) is 4.61. The smallest absolute Gasteiger partial charge is 0.224 e. The van der Waals surface area contributed by atoms with Gasteiger partial charge >= 0.3 is 0 Å². The summed E-state index contributed by atoms with van der Waals surface area (Å²) in [7, 11) is 0. The number of nitrogens with zero attached hydrogens (tertiary/aromatic N) is 1. The Balaban J connectivity index is 1.82. The monoisotopic (exact) mass is 303 g/mol. The zero-order valence-electron chi connectivity index (χ0n) is 13.8. The molecule has 1 aliphatic rings. The second-order valence-electron chi connectivity index (χ2n) is 6.35. The van der Waals surface area contributed by atoms with Gasteiger partial charge in [0.15, 0.2) is 0 Å². The highest BCUT2D eigenvalue weighted by Crippen LogP contribution is 2.20. The van der Waals surface area contributed by atoms with Crippen molar-refractivity contribution in [3.8, 4) is 0 Å².